The highest BCUT2D eigenvalue weighted by molar-refractivity contribution is 6.18. The highest BCUT2D eigenvalue weighted by atomic mass is 35.5. The monoisotopic (exact) mass is 285 g/mol. The number of rotatable bonds is 4. The molecule has 110 valence electrons. The molecule has 0 saturated heterocycles. The number of nitrogens with zero attached hydrogens (tertiary/aromatic N) is 1. The molecule has 0 radical (unpaired) electrons. The summed E-state index contributed by atoms with van der Waals surface area (Å²) in [6.45, 7) is 9.59. The largest absolute Gasteiger partial charge is 0.338 e. The van der Waals surface area contributed by atoms with E-state index in [9.17, 15) is 4.79 Å². The molecule has 0 atom stereocenters. The van der Waals surface area contributed by atoms with Crippen LogP contribution in [0.2, 0.25) is 0 Å². The van der Waals surface area contributed by atoms with Gasteiger partial charge in [-0.25, -0.2) is 0 Å². The fourth-order valence-electron chi connectivity index (χ4n) is 3.94. The first-order valence-corrected chi connectivity index (χ1v) is 8.24. The average Bonchev–Trinajstić information content (AvgIpc) is 2.77. The molecule has 0 unspecified atom stereocenters. The lowest BCUT2D eigenvalue weighted by atomic mass is 9.93. The molecule has 0 aromatic rings. The third kappa shape index (κ3) is 2.53. The Labute approximate surface area is 122 Å². The van der Waals surface area contributed by atoms with E-state index < -0.39 is 0 Å². The van der Waals surface area contributed by atoms with Crippen LogP contribution in [-0.4, -0.2) is 29.3 Å². The minimum absolute atomic E-state index is 0.128. The molecule has 0 aliphatic heterocycles. The van der Waals surface area contributed by atoms with E-state index in [0.717, 1.165) is 12.8 Å². The van der Waals surface area contributed by atoms with Gasteiger partial charge in [0.15, 0.2) is 0 Å². The van der Waals surface area contributed by atoms with Crippen molar-refractivity contribution in [3.05, 3.63) is 0 Å². The van der Waals surface area contributed by atoms with Crippen molar-refractivity contribution in [2.75, 3.05) is 12.4 Å². The molecule has 0 N–H and O–H groups in total. The summed E-state index contributed by atoms with van der Waals surface area (Å²) in [5, 5.41) is 0. The quantitative estimate of drug-likeness (QED) is 0.713. The standard InChI is InChI=1S/C16H28ClNO/c1-15(2)13(16(15,3)4)14(19)18(11-10-17)12-8-6-5-7-9-12/h12-13H,5-11H2,1-4H3. The Morgan fingerprint density at radius 3 is 2.05 bits per heavy atom. The molecule has 0 aromatic carbocycles. The zero-order valence-electron chi connectivity index (χ0n) is 12.8. The molecular formula is C16H28ClNO. The first-order valence-electron chi connectivity index (χ1n) is 7.70. The smallest absolute Gasteiger partial charge is 0.227 e. The fraction of sp³-hybridized carbons (Fsp3) is 0.938. The molecule has 2 nitrogen and oxygen atoms in total. The third-order valence-electron chi connectivity index (χ3n) is 5.89. The van der Waals surface area contributed by atoms with Gasteiger partial charge in [0.1, 0.15) is 0 Å². The van der Waals surface area contributed by atoms with Crippen molar-refractivity contribution in [3.8, 4) is 0 Å². The van der Waals surface area contributed by atoms with Crippen molar-refractivity contribution in [2.45, 2.75) is 65.8 Å². The van der Waals surface area contributed by atoms with Crippen LogP contribution >= 0.6 is 11.6 Å². The predicted molar refractivity (Wildman–Crippen MR) is 80.4 cm³/mol. The van der Waals surface area contributed by atoms with Crippen LogP contribution in [0, 0.1) is 16.7 Å². The molecule has 0 spiro atoms. The molecule has 2 saturated carbocycles. The van der Waals surface area contributed by atoms with Crippen molar-refractivity contribution in [3.63, 3.8) is 0 Å². The minimum atomic E-state index is 0.128. The van der Waals surface area contributed by atoms with Crippen molar-refractivity contribution in [2.24, 2.45) is 16.7 Å². The van der Waals surface area contributed by atoms with Gasteiger partial charge in [0.25, 0.3) is 0 Å². The number of alkyl halides is 1. The highest BCUT2D eigenvalue weighted by Crippen LogP contribution is 2.68. The lowest BCUT2D eigenvalue weighted by Gasteiger charge is -2.34. The summed E-state index contributed by atoms with van der Waals surface area (Å²) in [5.74, 6) is 1.07. The molecule has 19 heavy (non-hydrogen) atoms. The molecule has 0 aromatic heterocycles. The second-order valence-electron chi connectivity index (χ2n) is 7.39. The van der Waals surface area contributed by atoms with Crippen LogP contribution in [0.25, 0.3) is 0 Å². The van der Waals surface area contributed by atoms with Crippen LogP contribution in [-0.2, 0) is 4.79 Å². The summed E-state index contributed by atoms with van der Waals surface area (Å²) >= 11 is 5.93. The number of carbonyl (C=O) groups excluding carboxylic acids is 1. The van der Waals surface area contributed by atoms with Crippen molar-refractivity contribution in [1.29, 1.82) is 0 Å². The van der Waals surface area contributed by atoms with Gasteiger partial charge in [0.05, 0.1) is 0 Å². The van der Waals surface area contributed by atoms with E-state index in [1.165, 1.54) is 19.3 Å². The molecule has 3 heteroatoms. The predicted octanol–water partition coefficient (Wildman–Crippen LogP) is 4.07. The number of hydrogen-bond donors (Lipinski definition) is 0. The Hall–Kier alpha value is -0.240. The minimum Gasteiger partial charge on any atom is -0.338 e. The summed E-state index contributed by atoms with van der Waals surface area (Å²) < 4.78 is 0. The van der Waals surface area contributed by atoms with Crippen LogP contribution < -0.4 is 0 Å². The molecule has 0 bridgehead atoms. The normalized spacial score (nSPS) is 26.2. The second-order valence-corrected chi connectivity index (χ2v) is 7.77. The van der Waals surface area contributed by atoms with E-state index in [-0.39, 0.29) is 16.7 Å². The van der Waals surface area contributed by atoms with E-state index in [0.29, 0.717) is 24.4 Å². The molecule has 2 aliphatic rings. The maximum Gasteiger partial charge on any atom is 0.227 e. The van der Waals surface area contributed by atoms with E-state index in [1.54, 1.807) is 0 Å². The first-order chi connectivity index (χ1) is 8.84. The van der Waals surface area contributed by atoms with Gasteiger partial charge >= 0.3 is 0 Å². The Morgan fingerprint density at radius 1 is 1.11 bits per heavy atom. The molecule has 0 heterocycles. The van der Waals surface area contributed by atoms with Crippen molar-refractivity contribution >= 4 is 17.5 Å². The van der Waals surface area contributed by atoms with Crippen molar-refractivity contribution in [1.82, 2.24) is 4.90 Å². The maximum atomic E-state index is 12.9. The Balaban J connectivity index is 2.09. The number of amides is 1. The lowest BCUT2D eigenvalue weighted by molar-refractivity contribution is -0.136. The summed E-state index contributed by atoms with van der Waals surface area (Å²) in [7, 11) is 0. The number of hydrogen-bond acceptors (Lipinski definition) is 1. The Bertz CT molecular complexity index is 331. The van der Waals surface area contributed by atoms with E-state index in [2.05, 4.69) is 32.6 Å². The van der Waals surface area contributed by atoms with Gasteiger partial charge < -0.3 is 4.90 Å². The summed E-state index contributed by atoms with van der Waals surface area (Å²) in [6.07, 6.45) is 6.16. The first kappa shape index (κ1) is 15.2. The summed E-state index contributed by atoms with van der Waals surface area (Å²) in [6, 6.07) is 0.437. The molecule has 2 fully saturated rings. The molecular weight excluding hydrogens is 258 g/mol. The lowest BCUT2D eigenvalue weighted by Crippen LogP contribution is -2.44. The topological polar surface area (TPSA) is 20.3 Å². The number of halogens is 1. The zero-order chi connectivity index (χ0) is 14.3. The van der Waals surface area contributed by atoms with Gasteiger partial charge in [0.2, 0.25) is 5.91 Å². The van der Waals surface area contributed by atoms with Crippen LogP contribution in [0.3, 0.4) is 0 Å². The second kappa shape index (κ2) is 5.27. The molecule has 2 rings (SSSR count). The summed E-state index contributed by atoms with van der Waals surface area (Å²) in [4.78, 5) is 15.0. The van der Waals surface area contributed by atoms with Gasteiger partial charge in [-0.3, -0.25) is 4.79 Å². The SMILES string of the molecule is CC1(C)C(C(=O)N(CCCl)C2CCCCC2)C1(C)C. The van der Waals surface area contributed by atoms with Gasteiger partial charge in [-0.05, 0) is 23.7 Å². The average molecular weight is 286 g/mol. The van der Waals surface area contributed by atoms with Crippen LogP contribution in [0.4, 0.5) is 0 Å². The fourth-order valence-corrected chi connectivity index (χ4v) is 4.12. The van der Waals surface area contributed by atoms with Gasteiger partial charge in [-0.1, -0.05) is 47.0 Å². The number of carbonyl (C=O) groups is 1. The highest BCUT2D eigenvalue weighted by Gasteiger charge is 2.69. The van der Waals surface area contributed by atoms with Crippen LogP contribution in [0.1, 0.15) is 59.8 Å². The Morgan fingerprint density at radius 2 is 1.63 bits per heavy atom. The van der Waals surface area contributed by atoms with E-state index in [4.69, 9.17) is 11.6 Å². The molecule has 1 amide bonds. The maximum absolute atomic E-state index is 12.9. The van der Waals surface area contributed by atoms with Crippen molar-refractivity contribution < 1.29 is 4.79 Å². The Kier molecular flexibility index (Phi) is 4.21. The molecule has 2 aliphatic carbocycles. The van der Waals surface area contributed by atoms with Gasteiger partial charge in [0, 0.05) is 24.4 Å². The summed E-state index contributed by atoms with van der Waals surface area (Å²) in [5.41, 5.74) is 0.257. The van der Waals surface area contributed by atoms with E-state index in [1.807, 2.05) is 0 Å². The third-order valence-corrected chi connectivity index (χ3v) is 6.06. The van der Waals surface area contributed by atoms with Crippen LogP contribution in [0.15, 0.2) is 0 Å². The van der Waals surface area contributed by atoms with E-state index >= 15 is 0 Å². The van der Waals surface area contributed by atoms with Gasteiger partial charge in [-0.15, -0.1) is 11.6 Å². The van der Waals surface area contributed by atoms with Crippen LogP contribution in [0.5, 0.6) is 0 Å². The van der Waals surface area contributed by atoms with Gasteiger partial charge in [-0.2, -0.15) is 0 Å². The zero-order valence-corrected chi connectivity index (χ0v) is 13.6.